The molecule has 1 saturated heterocycles. The summed E-state index contributed by atoms with van der Waals surface area (Å²) in [5.41, 5.74) is 0.955. The van der Waals surface area contributed by atoms with Crippen molar-refractivity contribution >= 4 is 12.0 Å². The highest BCUT2D eigenvalue weighted by Crippen LogP contribution is 2.11. The number of benzene rings is 1. The average Bonchev–Trinajstić information content (AvgIpc) is 2.94. The van der Waals surface area contributed by atoms with Crippen LogP contribution in [-0.4, -0.2) is 36.0 Å². The van der Waals surface area contributed by atoms with E-state index < -0.39 is 0 Å². The average molecular weight is 274 g/mol. The van der Waals surface area contributed by atoms with Gasteiger partial charge in [-0.05, 0) is 18.1 Å². The second kappa shape index (κ2) is 6.75. The summed E-state index contributed by atoms with van der Waals surface area (Å²) >= 11 is 0. The molecule has 0 aromatic heterocycles. The Morgan fingerprint density at radius 1 is 1.40 bits per heavy atom. The summed E-state index contributed by atoms with van der Waals surface area (Å²) in [4.78, 5) is 24.7. The van der Waals surface area contributed by atoms with Gasteiger partial charge in [-0.1, -0.05) is 36.9 Å². The van der Waals surface area contributed by atoms with Crippen LogP contribution >= 0.6 is 0 Å². The van der Waals surface area contributed by atoms with E-state index in [-0.39, 0.29) is 24.6 Å². The zero-order valence-corrected chi connectivity index (χ0v) is 11.2. The first-order chi connectivity index (χ1) is 9.69. The lowest BCUT2D eigenvalue weighted by Crippen LogP contribution is -2.37. The zero-order valence-electron chi connectivity index (χ0n) is 11.2. The zero-order chi connectivity index (χ0) is 14.4. The summed E-state index contributed by atoms with van der Waals surface area (Å²) in [7, 11) is 0. The summed E-state index contributed by atoms with van der Waals surface area (Å²) in [6, 6.07) is 9.51. The highest BCUT2D eigenvalue weighted by molar-refractivity contribution is 5.87. The molecular formula is C15H18N2O3. The van der Waals surface area contributed by atoms with Crippen molar-refractivity contribution in [1.29, 1.82) is 0 Å². The SMILES string of the molecule is C=CC(=O)NC1CCN(C(=O)OCc2ccccc2)C1. The summed E-state index contributed by atoms with van der Waals surface area (Å²) in [6.45, 7) is 4.74. The molecule has 2 rings (SSSR count). The van der Waals surface area contributed by atoms with Crippen molar-refractivity contribution in [2.24, 2.45) is 0 Å². The molecule has 5 heteroatoms. The lowest BCUT2D eigenvalue weighted by Gasteiger charge is -2.16. The topological polar surface area (TPSA) is 58.6 Å². The van der Waals surface area contributed by atoms with Crippen molar-refractivity contribution in [3.63, 3.8) is 0 Å². The first-order valence-corrected chi connectivity index (χ1v) is 6.57. The first kappa shape index (κ1) is 14.1. The first-order valence-electron chi connectivity index (χ1n) is 6.57. The van der Waals surface area contributed by atoms with Gasteiger partial charge in [-0.2, -0.15) is 0 Å². The normalized spacial score (nSPS) is 17.6. The van der Waals surface area contributed by atoms with Gasteiger partial charge in [0.25, 0.3) is 0 Å². The number of amides is 2. The standard InChI is InChI=1S/C15H18N2O3/c1-2-14(18)16-13-8-9-17(10-13)15(19)20-11-12-6-4-3-5-7-12/h2-7,13H,1,8-11H2,(H,16,18). The maximum Gasteiger partial charge on any atom is 0.410 e. The van der Waals surface area contributed by atoms with E-state index in [1.807, 2.05) is 30.3 Å². The molecule has 0 spiro atoms. The molecular weight excluding hydrogens is 256 g/mol. The van der Waals surface area contributed by atoms with Gasteiger partial charge in [-0.3, -0.25) is 4.79 Å². The number of nitrogens with zero attached hydrogens (tertiary/aromatic N) is 1. The van der Waals surface area contributed by atoms with Gasteiger partial charge in [0.2, 0.25) is 5.91 Å². The van der Waals surface area contributed by atoms with Gasteiger partial charge in [0.05, 0.1) is 0 Å². The fraction of sp³-hybridized carbons (Fsp3) is 0.333. The number of likely N-dealkylation sites (tertiary alicyclic amines) is 1. The number of hydrogen-bond acceptors (Lipinski definition) is 3. The minimum atomic E-state index is -0.343. The number of ether oxygens (including phenoxy) is 1. The second-order valence-corrected chi connectivity index (χ2v) is 4.68. The molecule has 1 atom stereocenters. The summed E-state index contributed by atoms with van der Waals surface area (Å²) < 4.78 is 5.25. The van der Waals surface area contributed by atoms with Crippen LogP contribution in [0.2, 0.25) is 0 Å². The predicted octanol–water partition coefficient (Wildman–Crippen LogP) is 1.70. The molecule has 20 heavy (non-hydrogen) atoms. The van der Waals surface area contributed by atoms with E-state index in [4.69, 9.17) is 4.74 Å². The quantitative estimate of drug-likeness (QED) is 0.850. The van der Waals surface area contributed by atoms with Crippen LogP contribution in [0.4, 0.5) is 4.79 Å². The van der Waals surface area contributed by atoms with E-state index >= 15 is 0 Å². The predicted molar refractivity (Wildman–Crippen MR) is 74.9 cm³/mol. The van der Waals surface area contributed by atoms with E-state index in [1.165, 1.54) is 6.08 Å². The minimum absolute atomic E-state index is 0.0234. The van der Waals surface area contributed by atoms with Crippen LogP contribution in [0, 0.1) is 0 Å². The van der Waals surface area contributed by atoms with Crippen LogP contribution in [0.5, 0.6) is 0 Å². The van der Waals surface area contributed by atoms with Gasteiger partial charge >= 0.3 is 6.09 Å². The van der Waals surface area contributed by atoms with Crippen molar-refractivity contribution in [2.75, 3.05) is 13.1 Å². The van der Waals surface area contributed by atoms with Gasteiger partial charge < -0.3 is 15.0 Å². The van der Waals surface area contributed by atoms with Gasteiger partial charge in [-0.25, -0.2) is 4.79 Å². The molecule has 0 bridgehead atoms. The third-order valence-electron chi connectivity index (χ3n) is 3.18. The fourth-order valence-corrected chi connectivity index (χ4v) is 2.11. The Labute approximate surface area is 118 Å². The molecule has 1 aromatic rings. The van der Waals surface area contributed by atoms with E-state index in [2.05, 4.69) is 11.9 Å². The summed E-state index contributed by atoms with van der Waals surface area (Å²) in [6.07, 6.45) is 1.63. The van der Waals surface area contributed by atoms with Gasteiger partial charge in [0.15, 0.2) is 0 Å². The van der Waals surface area contributed by atoms with Crippen molar-refractivity contribution in [3.05, 3.63) is 48.6 Å². The van der Waals surface area contributed by atoms with Crippen molar-refractivity contribution in [1.82, 2.24) is 10.2 Å². The lowest BCUT2D eigenvalue weighted by molar-refractivity contribution is -0.117. The van der Waals surface area contributed by atoms with Gasteiger partial charge in [0.1, 0.15) is 6.61 Å². The molecule has 0 saturated carbocycles. The Morgan fingerprint density at radius 2 is 2.15 bits per heavy atom. The van der Waals surface area contributed by atoms with Crippen LogP contribution < -0.4 is 5.32 Å². The Morgan fingerprint density at radius 3 is 2.85 bits per heavy atom. The Bertz CT molecular complexity index is 487. The summed E-state index contributed by atoms with van der Waals surface area (Å²) in [5, 5.41) is 2.78. The molecule has 1 fully saturated rings. The molecule has 1 unspecified atom stereocenters. The molecule has 1 heterocycles. The third-order valence-corrected chi connectivity index (χ3v) is 3.18. The molecule has 1 aliphatic rings. The maximum atomic E-state index is 11.9. The molecule has 0 aliphatic carbocycles. The fourth-order valence-electron chi connectivity index (χ4n) is 2.11. The van der Waals surface area contributed by atoms with E-state index in [1.54, 1.807) is 4.90 Å². The van der Waals surface area contributed by atoms with Crippen LogP contribution in [0.3, 0.4) is 0 Å². The molecule has 106 valence electrons. The van der Waals surface area contributed by atoms with E-state index in [0.717, 1.165) is 12.0 Å². The van der Waals surface area contributed by atoms with Gasteiger partial charge in [-0.15, -0.1) is 0 Å². The van der Waals surface area contributed by atoms with Crippen LogP contribution in [0.25, 0.3) is 0 Å². The Kier molecular flexibility index (Phi) is 4.76. The molecule has 1 aliphatic heterocycles. The largest absolute Gasteiger partial charge is 0.445 e. The number of hydrogen-bond donors (Lipinski definition) is 1. The van der Waals surface area contributed by atoms with Crippen LogP contribution in [-0.2, 0) is 16.1 Å². The summed E-state index contributed by atoms with van der Waals surface area (Å²) in [5.74, 6) is -0.213. The minimum Gasteiger partial charge on any atom is -0.445 e. The number of rotatable bonds is 4. The molecule has 0 radical (unpaired) electrons. The third kappa shape index (κ3) is 3.85. The van der Waals surface area contributed by atoms with Crippen molar-refractivity contribution in [2.45, 2.75) is 19.1 Å². The monoisotopic (exact) mass is 274 g/mol. The van der Waals surface area contributed by atoms with E-state index in [9.17, 15) is 9.59 Å². The highest BCUT2D eigenvalue weighted by Gasteiger charge is 2.27. The van der Waals surface area contributed by atoms with Crippen LogP contribution in [0.1, 0.15) is 12.0 Å². The highest BCUT2D eigenvalue weighted by atomic mass is 16.6. The second-order valence-electron chi connectivity index (χ2n) is 4.68. The van der Waals surface area contributed by atoms with Crippen LogP contribution in [0.15, 0.2) is 43.0 Å². The Hall–Kier alpha value is -2.30. The maximum absolute atomic E-state index is 11.9. The Balaban J connectivity index is 1.77. The smallest absolute Gasteiger partial charge is 0.410 e. The molecule has 1 aromatic carbocycles. The molecule has 5 nitrogen and oxygen atoms in total. The van der Waals surface area contributed by atoms with Crippen molar-refractivity contribution < 1.29 is 14.3 Å². The van der Waals surface area contributed by atoms with E-state index in [0.29, 0.717) is 13.1 Å². The number of carbonyl (C=O) groups is 2. The number of carbonyl (C=O) groups excluding carboxylic acids is 2. The lowest BCUT2D eigenvalue weighted by atomic mass is 10.2. The number of nitrogens with one attached hydrogen (secondary N) is 1. The molecule has 2 amide bonds. The van der Waals surface area contributed by atoms with Crippen molar-refractivity contribution in [3.8, 4) is 0 Å². The molecule has 1 N–H and O–H groups in total. The van der Waals surface area contributed by atoms with Gasteiger partial charge in [0, 0.05) is 19.1 Å².